The minimum Gasteiger partial charge on any atom is -0.323 e. The molecule has 1 aliphatic rings. The van der Waals surface area contributed by atoms with E-state index in [1.165, 1.54) is 31.0 Å². The van der Waals surface area contributed by atoms with Crippen molar-refractivity contribution in [2.24, 2.45) is 0 Å². The number of allylic oxidation sites excluding steroid dienone is 1. The number of pyridine rings is 1. The second kappa shape index (κ2) is 8.24. The fourth-order valence-electron chi connectivity index (χ4n) is 2.85. The Morgan fingerprint density at radius 2 is 1.60 bits per heavy atom. The first-order chi connectivity index (χ1) is 12.2. The van der Waals surface area contributed by atoms with Crippen LogP contribution in [0.25, 0.3) is 0 Å². The van der Waals surface area contributed by atoms with Gasteiger partial charge in [-0.3, -0.25) is 14.6 Å². The van der Waals surface area contributed by atoms with Crippen molar-refractivity contribution in [1.29, 1.82) is 0 Å². The molecule has 0 radical (unpaired) electrons. The zero-order valence-electron chi connectivity index (χ0n) is 14.0. The average molecular weight is 335 g/mol. The average Bonchev–Trinajstić information content (AvgIpc) is 2.65. The minimum atomic E-state index is -0.216. The molecular formula is C20H21N3O2. The van der Waals surface area contributed by atoms with Crippen molar-refractivity contribution in [1.82, 2.24) is 4.98 Å². The number of nitrogens with one attached hydrogen (secondary N) is 2. The third kappa shape index (κ3) is 5.01. The topological polar surface area (TPSA) is 71.1 Å². The van der Waals surface area contributed by atoms with E-state index in [0.29, 0.717) is 16.9 Å². The lowest BCUT2D eigenvalue weighted by Gasteiger charge is -2.13. The zero-order valence-corrected chi connectivity index (χ0v) is 14.0. The van der Waals surface area contributed by atoms with Crippen molar-refractivity contribution in [3.8, 4) is 0 Å². The predicted molar refractivity (Wildman–Crippen MR) is 98.4 cm³/mol. The van der Waals surface area contributed by atoms with Gasteiger partial charge in [0.1, 0.15) is 0 Å². The monoisotopic (exact) mass is 335 g/mol. The Labute approximate surface area is 147 Å². The van der Waals surface area contributed by atoms with E-state index < -0.39 is 0 Å². The van der Waals surface area contributed by atoms with Crippen LogP contribution in [-0.2, 0) is 4.79 Å². The van der Waals surface area contributed by atoms with Crippen LogP contribution >= 0.6 is 0 Å². The summed E-state index contributed by atoms with van der Waals surface area (Å²) in [4.78, 5) is 28.1. The van der Waals surface area contributed by atoms with Crippen molar-refractivity contribution >= 4 is 23.2 Å². The number of carbonyl (C=O) groups excluding carboxylic acids is 2. The van der Waals surface area contributed by atoms with Gasteiger partial charge in [0, 0.05) is 29.8 Å². The molecule has 1 fully saturated rings. The molecule has 1 saturated carbocycles. The maximum atomic E-state index is 12.1. The van der Waals surface area contributed by atoms with Crippen molar-refractivity contribution in [3.63, 3.8) is 0 Å². The molecule has 128 valence electrons. The Balaban J connectivity index is 1.56. The van der Waals surface area contributed by atoms with Gasteiger partial charge in [-0.2, -0.15) is 0 Å². The first-order valence-electron chi connectivity index (χ1n) is 8.52. The summed E-state index contributed by atoms with van der Waals surface area (Å²) in [6, 6.07) is 10.5. The molecule has 2 amide bonds. The van der Waals surface area contributed by atoms with Gasteiger partial charge in [-0.1, -0.05) is 12.0 Å². The molecule has 0 unspecified atom stereocenters. The van der Waals surface area contributed by atoms with E-state index in [1.807, 2.05) is 0 Å². The standard InChI is InChI=1S/C20H21N3O2/c24-19(13-15-5-2-1-3-6-15)22-17-8-10-18(11-9-17)23-20(25)16-7-4-12-21-14-16/h4,7-14H,1-3,5-6H2,(H,22,24)(H,23,25). The number of hydrogen-bond donors (Lipinski definition) is 2. The summed E-state index contributed by atoms with van der Waals surface area (Å²) in [6.45, 7) is 0. The molecule has 1 aromatic heterocycles. The van der Waals surface area contributed by atoms with Crippen LogP contribution in [0.2, 0.25) is 0 Å². The number of amides is 2. The first-order valence-corrected chi connectivity index (χ1v) is 8.52. The van der Waals surface area contributed by atoms with Gasteiger partial charge in [0.15, 0.2) is 0 Å². The summed E-state index contributed by atoms with van der Waals surface area (Å²) in [5, 5.41) is 5.66. The molecule has 1 aliphatic carbocycles. The second-order valence-corrected chi connectivity index (χ2v) is 6.13. The molecule has 1 aromatic carbocycles. The minimum absolute atomic E-state index is 0.0935. The van der Waals surface area contributed by atoms with Gasteiger partial charge in [-0.25, -0.2) is 0 Å². The molecule has 2 aromatic rings. The van der Waals surface area contributed by atoms with Crippen LogP contribution in [0, 0.1) is 0 Å². The van der Waals surface area contributed by atoms with Gasteiger partial charge in [0.25, 0.3) is 5.91 Å². The van der Waals surface area contributed by atoms with Crippen molar-refractivity contribution in [2.45, 2.75) is 32.1 Å². The molecule has 25 heavy (non-hydrogen) atoms. The van der Waals surface area contributed by atoms with Gasteiger partial charge in [0.2, 0.25) is 5.91 Å². The number of benzene rings is 1. The molecule has 5 heteroatoms. The summed E-state index contributed by atoms with van der Waals surface area (Å²) in [5.74, 6) is -0.309. The largest absolute Gasteiger partial charge is 0.323 e. The normalized spacial score (nSPS) is 13.8. The van der Waals surface area contributed by atoms with E-state index in [2.05, 4.69) is 15.6 Å². The van der Waals surface area contributed by atoms with Gasteiger partial charge in [-0.05, 0) is 62.1 Å². The quantitative estimate of drug-likeness (QED) is 0.824. The molecule has 0 atom stereocenters. The second-order valence-electron chi connectivity index (χ2n) is 6.13. The molecule has 0 saturated heterocycles. The number of aromatic nitrogens is 1. The third-order valence-electron chi connectivity index (χ3n) is 4.17. The summed E-state index contributed by atoms with van der Waals surface area (Å²) >= 11 is 0. The Kier molecular flexibility index (Phi) is 5.57. The van der Waals surface area contributed by atoms with Gasteiger partial charge in [0.05, 0.1) is 5.56 Å². The van der Waals surface area contributed by atoms with Crippen LogP contribution in [-0.4, -0.2) is 16.8 Å². The maximum absolute atomic E-state index is 12.1. The lowest BCUT2D eigenvalue weighted by Crippen LogP contribution is -2.12. The highest BCUT2D eigenvalue weighted by molar-refractivity contribution is 6.04. The number of carbonyl (C=O) groups is 2. The van der Waals surface area contributed by atoms with Crippen LogP contribution in [0.4, 0.5) is 11.4 Å². The number of nitrogens with zero attached hydrogens (tertiary/aromatic N) is 1. The summed E-state index contributed by atoms with van der Waals surface area (Å²) in [7, 11) is 0. The molecule has 1 heterocycles. The van der Waals surface area contributed by atoms with Gasteiger partial charge in [-0.15, -0.1) is 0 Å². The molecule has 0 spiro atoms. The first kappa shape index (κ1) is 16.9. The lowest BCUT2D eigenvalue weighted by atomic mass is 9.94. The summed E-state index contributed by atoms with van der Waals surface area (Å²) in [6.07, 6.45) is 10.5. The SMILES string of the molecule is O=C(C=C1CCCCC1)Nc1ccc(NC(=O)c2cccnc2)cc1. The highest BCUT2D eigenvalue weighted by Crippen LogP contribution is 2.22. The fraction of sp³-hybridized carbons (Fsp3) is 0.250. The predicted octanol–water partition coefficient (Wildman–Crippen LogP) is 4.16. The van der Waals surface area contributed by atoms with Crippen LogP contribution in [0.1, 0.15) is 42.5 Å². The van der Waals surface area contributed by atoms with E-state index in [-0.39, 0.29) is 11.8 Å². The smallest absolute Gasteiger partial charge is 0.257 e. The number of hydrogen-bond acceptors (Lipinski definition) is 3. The fourth-order valence-corrected chi connectivity index (χ4v) is 2.85. The van der Waals surface area contributed by atoms with Crippen LogP contribution in [0.3, 0.4) is 0 Å². The van der Waals surface area contributed by atoms with E-state index in [0.717, 1.165) is 12.8 Å². The van der Waals surface area contributed by atoms with Crippen molar-refractivity contribution in [3.05, 3.63) is 66.0 Å². The molecule has 0 bridgehead atoms. The van der Waals surface area contributed by atoms with Gasteiger partial charge >= 0.3 is 0 Å². The summed E-state index contributed by atoms with van der Waals surface area (Å²) in [5.41, 5.74) is 3.10. The summed E-state index contributed by atoms with van der Waals surface area (Å²) < 4.78 is 0. The lowest BCUT2D eigenvalue weighted by molar-refractivity contribution is -0.112. The zero-order chi connectivity index (χ0) is 17.5. The molecule has 5 nitrogen and oxygen atoms in total. The maximum Gasteiger partial charge on any atom is 0.257 e. The van der Waals surface area contributed by atoms with Gasteiger partial charge < -0.3 is 10.6 Å². The van der Waals surface area contributed by atoms with Crippen LogP contribution in [0.15, 0.2) is 60.4 Å². The Morgan fingerprint density at radius 3 is 2.24 bits per heavy atom. The highest BCUT2D eigenvalue weighted by Gasteiger charge is 2.08. The molecule has 3 rings (SSSR count). The van der Waals surface area contributed by atoms with Crippen LogP contribution in [0.5, 0.6) is 0 Å². The van der Waals surface area contributed by atoms with E-state index >= 15 is 0 Å². The Morgan fingerprint density at radius 1 is 0.920 bits per heavy atom. The van der Waals surface area contributed by atoms with Crippen LogP contribution < -0.4 is 10.6 Å². The van der Waals surface area contributed by atoms with E-state index in [9.17, 15) is 9.59 Å². The van der Waals surface area contributed by atoms with E-state index in [4.69, 9.17) is 0 Å². The molecule has 2 N–H and O–H groups in total. The highest BCUT2D eigenvalue weighted by atomic mass is 16.2. The molecular weight excluding hydrogens is 314 g/mol. The number of rotatable bonds is 4. The Hall–Kier alpha value is -2.95. The van der Waals surface area contributed by atoms with Crippen molar-refractivity contribution < 1.29 is 9.59 Å². The number of anilines is 2. The van der Waals surface area contributed by atoms with Crippen molar-refractivity contribution in [2.75, 3.05) is 10.6 Å². The Bertz CT molecular complexity index is 759. The molecule has 0 aliphatic heterocycles. The van der Waals surface area contributed by atoms with E-state index in [1.54, 1.807) is 48.7 Å². The third-order valence-corrected chi connectivity index (χ3v) is 4.17.